The third-order valence-electron chi connectivity index (χ3n) is 5.98. The number of aromatic nitrogens is 3. The van der Waals surface area contributed by atoms with Gasteiger partial charge in [-0.15, -0.1) is 5.10 Å². The van der Waals surface area contributed by atoms with E-state index < -0.39 is 0 Å². The third-order valence-corrected chi connectivity index (χ3v) is 6.30. The van der Waals surface area contributed by atoms with Gasteiger partial charge < -0.3 is 0 Å². The van der Waals surface area contributed by atoms with Gasteiger partial charge in [0.25, 0.3) is 5.56 Å². The summed E-state index contributed by atoms with van der Waals surface area (Å²) in [5, 5.41) is 5.59. The van der Waals surface area contributed by atoms with E-state index >= 15 is 0 Å². The van der Waals surface area contributed by atoms with E-state index in [1.54, 1.807) is 0 Å². The first-order valence-corrected chi connectivity index (χ1v) is 10.7. The normalized spacial score (nSPS) is 15.5. The summed E-state index contributed by atoms with van der Waals surface area (Å²) in [5.74, 6) is 1.40. The predicted molar refractivity (Wildman–Crippen MR) is 116 cm³/mol. The van der Waals surface area contributed by atoms with E-state index in [-0.39, 0.29) is 11.6 Å². The first kappa shape index (κ1) is 19.3. The summed E-state index contributed by atoms with van der Waals surface area (Å²) in [5.41, 5.74) is 4.88. The lowest BCUT2D eigenvalue weighted by atomic mass is 10.00. The van der Waals surface area contributed by atoms with Gasteiger partial charge in [-0.3, -0.25) is 9.36 Å². The van der Waals surface area contributed by atoms with Gasteiger partial charge in [0.15, 0.2) is 5.82 Å². The van der Waals surface area contributed by atoms with Gasteiger partial charge in [-0.1, -0.05) is 45.4 Å². The minimum atomic E-state index is 0.0555. The SMILES string of the molecule is CCC(C)c1cc(C)n2nc(-c3ccc(C(C)C)cc3Cl)n(C3CC3)c(=O)c12. The zero-order chi connectivity index (χ0) is 20.2. The molecule has 1 atom stereocenters. The van der Waals surface area contributed by atoms with Crippen LogP contribution in [0.15, 0.2) is 29.1 Å². The Hall–Kier alpha value is -2.07. The summed E-state index contributed by atoms with van der Waals surface area (Å²) in [6, 6.07) is 8.44. The van der Waals surface area contributed by atoms with Crippen molar-refractivity contribution in [1.82, 2.24) is 14.2 Å². The second kappa shape index (κ2) is 7.07. The molecule has 0 spiro atoms. The Balaban J connectivity index is 2.01. The van der Waals surface area contributed by atoms with Crippen molar-refractivity contribution in [2.45, 2.75) is 71.8 Å². The number of hydrogen-bond acceptors (Lipinski definition) is 2. The maximum atomic E-state index is 13.6. The average Bonchev–Trinajstić information content (AvgIpc) is 3.44. The van der Waals surface area contributed by atoms with Crippen molar-refractivity contribution in [3.05, 3.63) is 56.5 Å². The van der Waals surface area contributed by atoms with E-state index in [1.807, 2.05) is 28.1 Å². The lowest BCUT2D eigenvalue weighted by Gasteiger charge is -2.16. The molecular weight excluding hydrogens is 370 g/mol. The molecule has 2 heterocycles. The highest BCUT2D eigenvalue weighted by atomic mass is 35.5. The fourth-order valence-corrected chi connectivity index (χ4v) is 4.15. The smallest absolute Gasteiger partial charge is 0.278 e. The molecular formula is C23H28ClN3O. The van der Waals surface area contributed by atoms with Crippen LogP contribution in [-0.4, -0.2) is 14.2 Å². The molecule has 1 aliphatic carbocycles. The molecule has 0 radical (unpaired) electrons. The third kappa shape index (κ3) is 3.08. The van der Waals surface area contributed by atoms with E-state index in [1.165, 1.54) is 5.56 Å². The minimum Gasteiger partial charge on any atom is -0.286 e. The Morgan fingerprint density at radius 1 is 1.21 bits per heavy atom. The number of aryl methyl sites for hydroxylation is 1. The van der Waals surface area contributed by atoms with Crippen LogP contribution in [-0.2, 0) is 0 Å². The van der Waals surface area contributed by atoms with Gasteiger partial charge in [0.2, 0.25) is 0 Å². The molecule has 3 aromatic rings. The van der Waals surface area contributed by atoms with Crippen LogP contribution < -0.4 is 5.56 Å². The first-order valence-electron chi connectivity index (χ1n) is 10.3. The molecule has 0 N–H and O–H groups in total. The van der Waals surface area contributed by atoms with Crippen LogP contribution in [0.3, 0.4) is 0 Å². The molecule has 1 aromatic carbocycles. The van der Waals surface area contributed by atoms with E-state index in [2.05, 4.69) is 39.8 Å². The molecule has 28 heavy (non-hydrogen) atoms. The van der Waals surface area contributed by atoms with Crippen LogP contribution in [0.4, 0.5) is 0 Å². The second-order valence-electron chi connectivity index (χ2n) is 8.43. The zero-order valence-corrected chi connectivity index (χ0v) is 18.0. The largest absolute Gasteiger partial charge is 0.286 e. The first-order chi connectivity index (χ1) is 13.3. The number of benzene rings is 1. The van der Waals surface area contributed by atoms with E-state index in [4.69, 9.17) is 16.7 Å². The number of rotatable bonds is 5. The summed E-state index contributed by atoms with van der Waals surface area (Å²) < 4.78 is 3.71. The molecule has 0 saturated heterocycles. The molecule has 5 heteroatoms. The Morgan fingerprint density at radius 3 is 2.50 bits per heavy atom. The molecule has 1 fully saturated rings. The van der Waals surface area contributed by atoms with Crippen molar-refractivity contribution in [3.63, 3.8) is 0 Å². The van der Waals surface area contributed by atoms with Gasteiger partial charge in [-0.25, -0.2) is 4.52 Å². The minimum absolute atomic E-state index is 0.0555. The van der Waals surface area contributed by atoms with Crippen LogP contribution in [0, 0.1) is 6.92 Å². The van der Waals surface area contributed by atoms with Crippen molar-refractivity contribution in [2.75, 3.05) is 0 Å². The summed E-state index contributed by atoms with van der Waals surface area (Å²) in [4.78, 5) is 13.6. The van der Waals surface area contributed by atoms with Crippen molar-refractivity contribution in [2.24, 2.45) is 0 Å². The Kier molecular flexibility index (Phi) is 4.86. The number of halogens is 1. The van der Waals surface area contributed by atoms with Crippen LogP contribution in [0.25, 0.3) is 16.9 Å². The summed E-state index contributed by atoms with van der Waals surface area (Å²) >= 11 is 6.66. The van der Waals surface area contributed by atoms with Crippen LogP contribution in [0.2, 0.25) is 5.02 Å². The quantitative estimate of drug-likeness (QED) is 0.522. The van der Waals surface area contributed by atoms with Gasteiger partial charge >= 0.3 is 0 Å². The lowest BCUT2D eigenvalue weighted by molar-refractivity contribution is 0.668. The molecule has 0 aliphatic heterocycles. The topological polar surface area (TPSA) is 39.3 Å². The van der Waals surface area contributed by atoms with Crippen LogP contribution in [0.1, 0.15) is 81.7 Å². The maximum absolute atomic E-state index is 13.6. The lowest BCUT2D eigenvalue weighted by Crippen LogP contribution is -2.26. The second-order valence-corrected chi connectivity index (χ2v) is 8.84. The molecule has 0 bridgehead atoms. The highest BCUT2D eigenvalue weighted by Gasteiger charge is 2.31. The van der Waals surface area contributed by atoms with Crippen molar-refractivity contribution < 1.29 is 0 Å². The molecule has 4 nitrogen and oxygen atoms in total. The fourth-order valence-electron chi connectivity index (χ4n) is 3.87. The molecule has 1 saturated carbocycles. The van der Waals surface area contributed by atoms with Crippen molar-refractivity contribution in [3.8, 4) is 11.4 Å². The summed E-state index contributed by atoms with van der Waals surface area (Å²) in [6.07, 6.45) is 3.03. The van der Waals surface area contributed by atoms with Crippen molar-refractivity contribution in [1.29, 1.82) is 0 Å². The van der Waals surface area contributed by atoms with E-state index in [0.717, 1.165) is 41.6 Å². The van der Waals surface area contributed by atoms with Crippen LogP contribution in [0.5, 0.6) is 0 Å². The molecule has 1 unspecified atom stereocenters. The Labute approximate surface area is 171 Å². The Morgan fingerprint density at radius 2 is 1.93 bits per heavy atom. The fraction of sp³-hybridized carbons (Fsp3) is 0.478. The predicted octanol–water partition coefficient (Wildman–Crippen LogP) is 6.10. The molecule has 2 aromatic heterocycles. The molecule has 148 valence electrons. The summed E-state index contributed by atoms with van der Waals surface area (Å²) in [6.45, 7) is 10.6. The van der Waals surface area contributed by atoms with Gasteiger partial charge in [0, 0.05) is 17.3 Å². The molecule has 0 amide bonds. The van der Waals surface area contributed by atoms with Gasteiger partial charge in [-0.2, -0.15) is 0 Å². The molecule has 1 aliphatic rings. The van der Waals surface area contributed by atoms with Crippen molar-refractivity contribution >= 4 is 17.1 Å². The monoisotopic (exact) mass is 397 g/mol. The average molecular weight is 398 g/mol. The zero-order valence-electron chi connectivity index (χ0n) is 17.3. The highest BCUT2D eigenvalue weighted by molar-refractivity contribution is 6.33. The Bertz CT molecular complexity index is 1110. The standard InChI is InChI=1S/C23H28ClN3O/c1-6-14(4)19-11-15(5)27-21(19)23(28)26(17-8-9-17)22(25-27)18-10-7-16(13(2)3)12-20(18)24/h7,10-14,17H,6,8-9H2,1-5H3. The van der Waals surface area contributed by atoms with E-state index in [9.17, 15) is 4.79 Å². The number of nitrogens with zero attached hydrogens (tertiary/aromatic N) is 3. The van der Waals surface area contributed by atoms with Gasteiger partial charge in [-0.05, 0) is 67.3 Å². The van der Waals surface area contributed by atoms with E-state index in [0.29, 0.717) is 22.7 Å². The summed E-state index contributed by atoms with van der Waals surface area (Å²) in [7, 11) is 0. The van der Waals surface area contributed by atoms with Crippen LogP contribution >= 0.6 is 11.6 Å². The number of hydrogen-bond donors (Lipinski definition) is 0. The molecule has 4 rings (SSSR count). The highest BCUT2D eigenvalue weighted by Crippen LogP contribution is 2.39. The van der Waals surface area contributed by atoms with Gasteiger partial charge in [0.05, 0.1) is 5.02 Å². The maximum Gasteiger partial charge on any atom is 0.278 e. The van der Waals surface area contributed by atoms with Gasteiger partial charge in [0.1, 0.15) is 5.52 Å². The number of fused-ring (bicyclic) bond motifs is 1.